The molecule has 0 bridgehead atoms. The highest BCUT2D eigenvalue weighted by Gasteiger charge is 2.64. The number of rotatable bonds is 2. The van der Waals surface area contributed by atoms with E-state index in [0.717, 1.165) is 11.3 Å². The molecule has 1 aromatic heterocycles. The summed E-state index contributed by atoms with van der Waals surface area (Å²) in [6.45, 7) is 0. The standard InChI is InChI=1S/C27H18ClN5O3/c28-16-10-12-17(13-11-16)31-25(34)22-21-14-9-15-5-1-3-7-19(15)32(21)24(23(22)26(31)35)27(36)33-20-8-4-2-6-18(20)29-30-33/h1-14,21-24H/t21-,22+,23+,24-/m1/s1. The van der Waals surface area contributed by atoms with Gasteiger partial charge in [-0.05, 0) is 48.0 Å². The number of nitrogens with zero attached hydrogens (tertiary/aromatic N) is 5. The molecule has 7 rings (SSSR count). The summed E-state index contributed by atoms with van der Waals surface area (Å²) in [7, 11) is 0. The molecule has 0 radical (unpaired) electrons. The molecule has 2 fully saturated rings. The molecule has 2 saturated heterocycles. The monoisotopic (exact) mass is 495 g/mol. The van der Waals surface area contributed by atoms with E-state index in [9.17, 15) is 14.4 Å². The topological polar surface area (TPSA) is 88.4 Å². The lowest BCUT2D eigenvalue weighted by Crippen LogP contribution is -2.50. The van der Waals surface area contributed by atoms with E-state index in [0.29, 0.717) is 21.7 Å². The van der Waals surface area contributed by atoms with Crippen molar-refractivity contribution in [2.45, 2.75) is 12.1 Å². The second-order valence-corrected chi connectivity index (χ2v) is 9.57. The normalized spacial score (nSPS) is 24.2. The summed E-state index contributed by atoms with van der Waals surface area (Å²) in [5.74, 6) is -2.74. The zero-order chi connectivity index (χ0) is 24.6. The van der Waals surface area contributed by atoms with E-state index in [-0.39, 0.29) is 5.91 Å². The Morgan fingerprint density at radius 2 is 1.58 bits per heavy atom. The van der Waals surface area contributed by atoms with E-state index in [1.54, 1.807) is 42.5 Å². The van der Waals surface area contributed by atoms with Crippen LogP contribution >= 0.6 is 11.6 Å². The van der Waals surface area contributed by atoms with Crippen molar-refractivity contribution in [3.8, 4) is 0 Å². The Morgan fingerprint density at radius 3 is 2.42 bits per heavy atom. The Bertz CT molecular complexity index is 1610. The summed E-state index contributed by atoms with van der Waals surface area (Å²) in [6, 6.07) is 20.0. The van der Waals surface area contributed by atoms with Crippen LogP contribution in [0.25, 0.3) is 17.1 Å². The highest BCUT2D eigenvalue weighted by molar-refractivity contribution is 6.31. The van der Waals surface area contributed by atoms with E-state index >= 15 is 0 Å². The first kappa shape index (κ1) is 21.0. The molecule has 0 unspecified atom stereocenters. The highest BCUT2D eigenvalue weighted by atomic mass is 35.5. The van der Waals surface area contributed by atoms with Crippen LogP contribution in [0.2, 0.25) is 5.02 Å². The molecule has 3 aliphatic heterocycles. The number of anilines is 2. The Balaban J connectivity index is 1.39. The zero-order valence-corrected chi connectivity index (χ0v) is 19.5. The minimum Gasteiger partial charge on any atom is -0.351 e. The fourth-order valence-corrected chi connectivity index (χ4v) is 5.92. The minimum atomic E-state index is -0.940. The van der Waals surface area contributed by atoms with Crippen molar-refractivity contribution in [2.75, 3.05) is 9.80 Å². The van der Waals surface area contributed by atoms with Gasteiger partial charge < -0.3 is 4.90 Å². The number of imide groups is 1. The fourth-order valence-electron chi connectivity index (χ4n) is 5.80. The molecular weight excluding hydrogens is 478 g/mol. The zero-order valence-electron chi connectivity index (χ0n) is 18.7. The van der Waals surface area contributed by atoms with Gasteiger partial charge in [-0.3, -0.25) is 14.4 Å². The Morgan fingerprint density at radius 1 is 0.861 bits per heavy atom. The van der Waals surface area contributed by atoms with Gasteiger partial charge in [-0.1, -0.05) is 59.3 Å². The number of aromatic nitrogens is 3. The summed E-state index contributed by atoms with van der Waals surface area (Å²) >= 11 is 6.03. The van der Waals surface area contributed by atoms with Gasteiger partial charge in [-0.25, -0.2) is 4.90 Å². The highest BCUT2D eigenvalue weighted by Crippen LogP contribution is 2.49. The number of hydrogen-bond donors (Lipinski definition) is 0. The van der Waals surface area contributed by atoms with Crippen LogP contribution in [0, 0.1) is 11.8 Å². The van der Waals surface area contributed by atoms with Gasteiger partial charge in [0.25, 0.3) is 5.91 Å². The summed E-state index contributed by atoms with van der Waals surface area (Å²) in [4.78, 5) is 45.0. The number of halogens is 1. The van der Waals surface area contributed by atoms with Crippen molar-refractivity contribution in [1.82, 2.24) is 15.0 Å². The predicted octanol–water partition coefficient (Wildman–Crippen LogP) is 3.81. The third-order valence-electron chi connectivity index (χ3n) is 7.31. The molecule has 4 atom stereocenters. The van der Waals surface area contributed by atoms with E-state index in [1.165, 1.54) is 9.58 Å². The van der Waals surface area contributed by atoms with Crippen LogP contribution in [0.4, 0.5) is 11.4 Å². The van der Waals surface area contributed by atoms with Gasteiger partial charge in [0.15, 0.2) is 0 Å². The summed E-state index contributed by atoms with van der Waals surface area (Å²) < 4.78 is 1.25. The quantitative estimate of drug-likeness (QED) is 0.393. The Kier molecular flexibility index (Phi) is 4.44. The molecule has 4 aromatic rings. The molecular formula is C27H18ClN5O3. The number of amides is 2. The van der Waals surface area contributed by atoms with Gasteiger partial charge in [-0.15, -0.1) is 5.10 Å². The molecule has 0 aliphatic carbocycles. The molecule has 0 saturated carbocycles. The average molecular weight is 496 g/mol. The van der Waals surface area contributed by atoms with Crippen LogP contribution in [0.15, 0.2) is 78.9 Å². The number of benzene rings is 3. The van der Waals surface area contributed by atoms with Gasteiger partial charge in [0.1, 0.15) is 11.6 Å². The maximum absolute atomic E-state index is 14.2. The van der Waals surface area contributed by atoms with Crippen molar-refractivity contribution >= 4 is 57.8 Å². The summed E-state index contributed by atoms with van der Waals surface area (Å²) in [5.41, 5.74) is 3.29. The molecule has 3 aliphatic rings. The van der Waals surface area contributed by atoms with Crippen molar-refractivity contribution in [3.63, 3.8) is 0 Å². The lowest BCUT2D eigenvalue weighted by atomic mass is 9.88. The van der Waals surface area contributed by atoms with E-state index in [4.69, 9.17) is 11.6 Å². The SMILES string of the molecule is O=C1[C@@H]2[C@H](C(=O)N1c1ccc(Cl)cc1)[C@H](C(=O)n1nnc3ccccc31)N1c3ccccc3C=C[C@H]21. The Hall–Kier alpha value is -4.30. The molecule has 4 heterocycles. The van der Waals surface area contributed by atoms with Crippen LogP contribution in [0.3, 0.4) is 0 Å². The first-order chi connectivity index (χ1) is 17.5. The number of fused-ring (bicyclic) bond motifs is 6. The first-order valence-corrected chi connectivity index (χ1v) is 12.0. The first-order valence-electron chi connectivity index (χ1n) is 11.6. The van der Waals surface area contributed by atoms with Crippen LogP contribution in [0.5, 0.6) is 0 Å². The average Bonchev–Trinajstić information content (AvgIpc) is 3.56. The van der Waals surface area contributed by atoms with Crippen LogP contribution in [-0.4, -0.2) is 44.8 Å². The largest absolute Gasteiger partial charge is 0.351 e. The molecule has 36 heavy (non-hydrogen) atoms. The van der Waals surface area contributed by atoms with Gasteiger partial charge in [0.2, 0.25) is 11.8 Å². The summed E-state index contributed by atoms with van der Waals surface area (Å²) in [5, 5.41) is 8.76. The van der Waals surface area contributed by atoms with Crippen LogP contribution in [0.1, 0.15) is 10.4 Å². The molecule has 3 aromatic carbocycles. The molecule has 2 amide bonds. The van der Waals surface area contributed by atoms with E-state index in [1.807, 2.05) is 47.4 Å². The van der Waals surface area contributed by atoms with Crippen LogP contribution in [-0.2, 0) is 9.59 Å². The molecule has 9 heteroatoms. The third-order valence-corrected chi connectivity index (χ3v) is 7.57. The van der Waals surface area contributed by atoms with Gasteiger partial charge in [0, 0.05) is 10.7 Å². The lowest BCUT2D eigenvalue weighted by Gasteiger charge is -2.36. The molecule has 0 N–H and O–H groups in total. The van der Waals surface area contributed by atoms with Gasteiger partial charge in [0.05, 0.1) is 29.1 Å². The maximum atomic E-state index is 14.2. The third kappa shape index (κ3) is 2.79. The number of carbonyl (C=O) groups excluding carboxylic acids is 3. The van der Waals surface area contributed by atoms with Crippen molar-refractivity contribution < 1.29 is 14.4 Å². The second-order valence-electron chi connectivity index (χ2n) is 9.13. The van der Waals surface area contributed by atoms with E-state index < -0.39 is 35.7 Å². The maximum Gasteiger partial charge on any atom is 0.272 e. The minimum absolute atomic E-state index is 0.329. The smallest absolute Gasteiger partial charge is 0.272 e. The van der Waals surface area contributed by atoms with Crippen molar-refractivity contribution in [3.05, 3.63) is 89.5 Å². The van der Waals surface area contributed by atoms with Crippen molar-refractivity contribution in [2.24, 2.45) is 11.8 Å². The lowest BCUT2D eigenvalue weighted by molar-refractivity contribution is -0.122. The molecule has 8 nitrogen and oxygen atoms in total. The van der Waals surface area contributed by atoms with Gasteiger partial charge >= 0.3 is 0 Å². The number of para-hydroxylation sites is 2. The molecule has 0 spiro atoms. The predicted molar refractivity (Wildman–Crippen MR) is 135 cm³/mol. The van der Waals surface area contributed by atoms with Crippen molar-refractivity contribution in [1.29, 1.82) is 0 Å². The summed E-state index contributed by atoms with van der Waals surface area (Å²) in [6.07, 6.45) is 3.87. The van der Waals surface area contributed by atoms with Crippen LogP contribution < -0.4 is 9.80 Å². The van der Waals surface area contributed by atoms with E-state index in [2.05, 4.69) is 10.3 Å². The Labute approximate surface area is 210 Å². The second kappa shape index (κ2) is 7.60. The number of carbonyl (C=O) groups is 3. The van der Waals surface area contributed by atoms with Gasteiger partial charge in [-0.2, -0.15) is 4.68 Å². The fraction of sp³-hybridized carbons (Fsp3) is 0.148. The number of hydrogen-bond acceptors (Lipinski definition) is 6. The molecule has 176 valence electrons.